The van der Waals surface area contributed by atoms with Gasteiger partial charge in [-0.2, -0.15) is 4.98 Å². The summed E-state index contributed by atoms with van der Waals surface area (Å²) in [6, 6.07) is 0.202. The third-order valence-corrected chi connectivity index (χ3v) is 5.70. The van der Waals surface area contributed by atoms with E-state index in [0.717, 1.165) is 30.2 Å². The first-order valence-electron chi connectivity index (χ1n) is 7.27. The molecule has 1 fully saturated rings. The quantitative estimate of drug-likeness (QED) is 0.742. The van der Waals surface area contributed by atoms with E-state index in [2.05, 4.69) is 32.8 Å². The van der Waals surface area contributed by atoms with E-state index in [4.69, 9.17) is 11.6 Å². The monoisotopic (exact) mass is 369 g/mol. The molecule has 2 heterocycles. The number of fused-ring (bicyclic) bond motifs is 1. The maximum atomic E-state index is 12.8. The Labute approximate surface area is 136 Å². The maximum absolute atomic E-state index is 12.8. The molecule has 0 aromatic carbocycles. The summed E-state index contributed by atoms with van der Waals surface area (Å²) < 4.78 is 2.43. The predicted molar refractivity (Wildman–Crippen MR) is 87.9 cm³/mol. The van der Waals surface area contributed by atoms with Gasteiger partial charge < -0.3 is 0 Å². The van der Waals surface area contributed by atoms with Gasteiger partial charge in [-0.1, -0.05) is 19.8 Å². The minimum atomic E-state index is -0.0138. The van der Waals surface area contributed by atoms with Crippen LogP contribution in [-0.4, -0.2) is 14.5 Å². The number of hydrogen-bond donors (Lipinski definition) is 0. The Bertz CT molecular complexity index is 759. The molecule has 0 amide bonds. The fourth-order valence-corrected chi connectivity index (χ4v) is 3.96. The zero-order chi connectivity index (χ0) is 15.1. The molecule has 4 nitrogen and oxygen atoms in total. The molecular formula is C15H17BrClN3O. The molecule has 112 valence electrons. The number of nitrogens with zero attached hydrogens (tertiary/aromatic N) is 3. The van der Waals surface area contributed by atoms with Crippen molar-refractivity contribution in [1.29, 1.82) is 0 Å². The zero-order valence-corrected chi connectivity index (χ0v) is 14.4. The van der Waals surface area contributed by atoms with Gasteiger partial charge >= 0.3 is 0 Å². The lowest BCUT2D eigenvalue weighted by Crippen LogP contribution is -2.29. The van der Waals surface area contributed by atoms with Crippen molar-refractivity contribution < 1.29 is 0 Å². The molecule has 2 aromatic heterocycles. The second-order valence-corrected chi connectivity index (χ2v) is 6.79. The van der Waals surface area contributed by atoms with Gasteiger partial charge in [0.2, 0.25) is 5.28 Å². The lowest BCUT2D eigenvalue weighted by Gasteiger charge is -2.23. The van der Waals surface area contributed by atoms with Crippen molar-refractivity contribution in [2.75, 3.05) is 0 Å². The second kappa shape index (κ2) is 5.69. The highest BCUT2D eigenvalue weighted by Crippen LogP contribution is 2.39. The van der Waals surface area contributed by atoms with E-state index in [1.165, 1.54) is 6.42 Å². The van der Waals surface area contributed by atoms with Gasteiger partial charge in [0.1, 0.15) is 5.65 Å². The lowest BCUT2D eigenvalue weighted by molar-refractivity contribution is 0.369. The van der Waals surface area contributed by atoms with Crippen LogP contribution in [-0.2, 0) is 0 Å². The smallest absolute Gasteiger partial charge is 0.267 e. The second-order valence-electron chi connectivity index (χ2n) is 5.66. The molecule has 0 bridgehead atoms. The van der Waals surface area contributed by atoms with Crippen LogP contribution in [0.3, 0.4) is 0 Å². The SMILES string of the molecule is CCC1CCCC1n1c(=O)c(Br)c(C)c2cnc(Cl)nc21. The maximum Gasteiger partial charge on any atom is 0.267 e. The summed E-state index contributed by atoms with van der Waals surface area (Å²) in [5.74, 6) is 0.522. The first kappa shape index (κ1) is 15.0. The average molecular weight is 371 g/mol. The van der Waals surface area contributed by atoms with Gasteiger partial charge in [0.25, 0.3) is 5.56 Å². The Morgan fingerprint density at radius 1 is 1.48 bits per heavy atom. The van der Waals surface area contributed by atoms with Crippen LogP contribution < -0.4 is 5.56 Å². The Hall–Kier alpha value is -0.940. The minimum Gasteiger partial charge on any atom is -0.288 e. The largest absolute Gasteiger partial charge is 0.288 e. The molecule has 0 aliphatic heterocycles. The van der Waals surface area contributed by atoms with Crippen molar-refractivity contribution in [2.45, 2.75) is 45.6 Å². The molecule has 21 heavy (non-hydrogen) atoms. The van der Waals surface area contributed by atoms with Crippen molar-refractivity contribution >= 4 is 38.6 Å². The van der Waals surface area contributed by atoms with Crippen LogP contribution in [0.25, 0.3) is 11.0 Å². The fourth-order valence-electron chi connectivity index (χ4n) is 3.42. The molecule has 0 N–H and O–H groups in total. The van der Waals surface area contributed by atoms with Crippen LogP contribution in [0.5, 0.6) is 0 Å². The Balaban J connectivity index is 2.35. The zero-order valence-electron chi connectivity index (χ0n) is 12.1. The van der Waals surface area contributed by atoms with E-state index in [-0.39, 0.29) is 16.9 Å². The molecule has 2 aromatic rings. The molecule has 3 rings (SSSR count). The number of pyridine rings is 1. The van der Waals surface area contributed by atoms with Crippen molar-refractivity contribution in [3.05, 3.63) is 31.9 Å². The molecule has 1 aliphatic rings. The van der Waals surface area contributed by atoms with Crippen LogP contribution in [0, 0.1) is 12.8 Å². The molecule has 0 radical (unpaired) electrons. The first-order chi connectivity index (χ1) is 10.0. The molecule has 0 spiro atoms. The van der Waals surface area contributed by atoms with Crippen LogP contribution in [0.2, 0.25) is 5.28 Å². The van der Waals surface area contributed by atoms with Crippen LogP contribution in [0.4, 0.5) is 0 Å². The summed E-state index contributed by atoms with van der Waals surface area (Å²) in [4.78, 5) is 21.2. The van der Waals surface area contributed by atoms with Crippen molar-refractivity contribution in [3.8, 4) is 0 Å². The third kappa shape index (κ3) is 2.40. The normalized spacial score (nSPS) is 22.1. The number of halogens is 2. The van der Waals surface area contributed by atoms with Crippen LogP contribution >= 0.6 is 27.5 Å². The van der Waals surface area contributed by atoms with E-state index in [9.17, 15) is 4.79 Å². The first-order valence-corrected chi connectivity index (χ1v) is 8.44. The molecule has 2 unspecified atom stereocenters. The van der Waals surface area contributed by atoms with Crippen molar-refractivity contribution in [1.82, 2.24) is 14.5 Å². The fraction of sp³-hybridized carbons (Fsp3) is 0.533. The van der Waals surface area contributed by atoms with Gasteiger partial charge in [-0.05, 0) is 58.8 Å². The van der Waals surface area contributed by atoms with Gasteiger partial charge in [-0.25, -0.2) is 4.98 Å². The Kier molecular flexibility index (Phi) is 4.06. The summed E-state index contributed by atoms with van der Waals surface area (Å²) in [6.45, 7) is 4.09. The summed E-state index contributed by atoms with van der Waals surface area (Å²) in [5.41, 5.74) is 1.51. The van der Waals surface area contributed by atoms with Crippen LogP contribution in [0.1, 0.15) is 44.2 Å². The summed E-state index contributed by atoms with van der Waals surface area (Å²) in [7, 11) is 0. The Morgan fingerprint density at radius 2 is 2.24 bits per heavy atom. The highest BCUT2D eigenvalue weighted by Gasteiger charge is 2.30. The lowest BCUT2D eigenvalue weighted by atomic mass is 10.00. The minimum absolute atomic E-state index is 0.0138. The molecule has 6 heteroatoms. The van der Waals surface area contributed by atoms with E-state index in [1.807, 2.05) is 11.5 Å². The van der Waals surface area contributed by atoms with Gasteiger partial charge in [0.15, 0.2) is 0 Å². The summed E-state index contributed by atoms with van der Waals surface area (Å²) >= 11 is 9.40. The van der Waals surface area contributed by atoms with Crippen molar-refractivity contribution in [2.24, 2.45) is 5.92 Å². The topological polar surface area (TPSA) is 47.8 Å². The van der Waals surface area contributed by atoms with E-state index >= 15 is 0 Å². The Morgan fingerprint density at radius 3 is 2.95 bits per heavy atom. The summed E-state index contributed by atoms with van der Waals surface area (Å²) in [6.07, 6.45) is 6.12. The summed E-state index contributed by atoms with van der Waals surface area (Å²) in [5, 5.41) is 1.07. The van der Waals surface area contributed by atoms with Gasteiger partial charge in [-0.15, -0.1) is 0 Å². The number of aromatic nitrogens is 3. The number of rotatable bonds is 2. The van der Waals surface area contributed by atoms with E-state index < -0.39 is 0 Å². The third-order valence-electron chi connectivity index (χ3n) is 4.58. The molecule has 2 atom stereocenters. The molecular weight excluding hydrogens is 354 g/mol. The van der Waals surface area contributed by atoms with Gasteiger partial charge in [0, 0.05) is 17.6 Å². The molecule has 1 saturated carbocycles. The number of aryl methyl sites for hydroxylation is 1. The number of hydrogen-bond acceptors (Lipinski definition) is 3. The molecule has 1 aliphatic carbocycles. The van der Waals surface area contributed by atoms with Gasteiger partial charge in [-0.3, -0.25) is 9.36 Å². The standard InChI is InChI=1S/C15H17BrClN3O/c1-3-9-5-4-6-11(9)20-13-10(7-18-15(17)19-13)8(2)12(16)14(20)21/h7,9,11H,3-6H2,1-2H3. The highest BCUT2D eigenvalue weighted by atomic mass is 79.9. The average Bonchev–Trinajstić information content (AvgIpc) is 2.93. The highest BCUT2D eigenvalue weighted by molar-refractivity contribution is 9.10. The van der Waals surface area contributed by atoms with Crippen LogP contribution in [0.15, 0.2) is 15.5 Å². The van der Waals surface area contributed by atoms with Crippen molar-refractivity contribution in [3.63, 3.8) is 0 Å². The van der Waals surface area contributed by atoms with Gasteiger partial charge in [0.05, 0.1) is 4.47 Å². The van der Waals surface area contributed by atoms with E-state index in [0.29, 0.717) is 16.0 Å². The van der Waals surface area contributed by atoms with E-state index in [1.54, 1.807) is 6.20 Å². The predicted octanol–water partition coefficient (Wildman–Crippen LogP) is 4.27. The molecule has 0 saturated heterocycles.